The lowest BCUT2D eigenvalue weighted by molar-refractivity contribution is -0.170. The lowest BCUT2D eigenvalue weighted by atomic mass is 9.96. The van der Waals surface area contributed by atoms with Crippen LogP contribution in [0.5, 0.6) is 0 Å². The van der Waals surface area contributed by atoms with E-state index in [9.17, 15) is 14.4 Å². The van der Waals surface area contributed by atoms with E-state index in [4.69, 9.17) is 20.4 Å². The van der Waals surface area contributed by atoms with Gasteiger partial charge in [0.15, 0.2) is 5.60 Å². The van der Waals surface area contributed by atoms with Crippen molar-refractivity contribution < 1.29 is 34.8 Å². The number of hydrogen-bond donors (Lipinski definition) is 4. The summed E-state index contributed by atoms with van der Waals surface area (Å²) in [6.45, 7) is 2.16. The number of carbonyl (C=O) groups is 3. The van der Waals surface area contributed by atoms with E-state index < -0.39 is 36.4 Å². The summed E-state index contributed by atoms with van der Waals surface area (Å²) in [6, 6.07) is 10.5. The number of carboxylic acid groups (broad SMARTS) is 3. The Balaban J connectivity index is 0.000000423. The normalized spacial score (nSPS) is 10.2. The molecule has 0 aliphatic rings. The second-order valence-corrected chi connectivity index (χ2v) is 4.32. The van der Waals surface area contributed by atoms with Crippen LogP contribution in [0.3, 0.4) is 0 Å². The second kappa shape index (κ2) is 8.70. The van der Waals surface area contributed by atoms with Crippen LogP contribution in [0, 0.1) is 0 Å². The molecular formula is C14H18O7. The zero-order valence-corrected chi connectivity index (χ0v) is 11.5. The highest BCUT2D eigenvalue weighted by atomic mass is 16.4. The zero-order valence-electron chi connectivity index (χ0n) is 11.5. The minimum absolute atomic E-state index is 1.14. The first-order chi connectivity index (χ1) is 9.71. The molecule has 4 N–H and O–H groups in total. The summed E-state index contributed by atoms with van der Waals surface area (Å²) in [5.74, 6) is -5.02. The molecule has 0 saturated heterocycles. The molecule has 1 rings (SSSR count). The van der Waals surface area contributed by atoms with Crippen molar-refractivity contribution in [2.24, 2.45) is 0 Å². The Morgan fingerprint density at radius 1 is 0.952 bits per heavy atom. The van der Waals surface area contributed by atoms with Crippen LogP contribution in [0.15, 0.2) is 30.3 Å². The minimum atomic E-state index is -2.74. The monoisotopic (exact) mass is 298 g/mol. The number of aliphatic carboxylic acids is 3. The maximum atomic E-state index is 10.3. The molecule has 0 heterocycles. The molecule has 0 aliphatic carbocycles. The van der Waals surface area contributed by atoms with Crippen LogP contribution in [0.4, 0.5) is 0 Å². The average molecular weight is 298 g/mol. The van der Waals surface area contributed by atoms with Crippen molar-refractivity contribution in [3.05, 3.63) is 35.9 Å². The van der Waals surface area contributed by atoms with E-state index in [1.807, 2.05) is 6.07 Å². The van der Waals surface area contributed by atoms with E-state index in [0.717, 1.165) is 6.42 Å². The van der Waals surface area contributed by atoms with Crippen molar-refractivity contribution in [1.29, 1.82) is 0 Å². The summed E-state index contributed by atoms with van der Waals surface area (Å²) in [5.41, 5.74) is -1.33. The van der Waals surface area contributed by atoms with Crippen molar-refractivity contribution in [3.63, 3.8) is 0 Å². The van der Waals surface area contributed by atoms with Gasteiger partial charge in [-0.2, -0.15) is 0 Å². The van der Waals surface area contributed by atoms with E-state index in [-0.39, 0.29) is 0 Å². The van der Waals surface area contributed by atoms with Gasteiger partial charge in [0.05, 0.1) is 12.8 Å². The van der Waals surface area contributed by atoms with Gasteiger partial charge in [-0.05, 0) is 12.0 Å². The molecule has 1 aromatic rings. The van der Waals surface area contributed by atoms with Crippen LogP contribution in [-0.4, -0.2) is 43.9 Å². The van der Waals surface area contributed by atoms with Gasteiger partial charge in [-0.15, -0.1) is 0 Å². The fourth-order valence-corrected chi connectivity index (χ4v) is 1.43. The van der Waals surface area contributed by atoms with Crippen molar-refractivity contribution in [1.82, 2.24) is 0 Å². The number of aryl methyl sites for hydroxylation is 1. The second-order valence-electron chi connectivity index (χ2n) is 4.32. The molecule has 0 aromatic heterocycles. The number of benzene rings is 1. The van der Waals surface area contributed by atoms with Gasteiger partial charge in [0.25, 0.3) is 0 Å². The van der Waals surface area contributed by atoms with E-state index >= 15 is 0 Å². The third-order valence-corrected chi connectivity index (χ3v) is 2.54. The zero-order chi connectivity index (χ0) is 16.5. The molecule has 7 heteroatoms. The van der Waals surface area contributed by atoms with E-state index in [0.29, 0.717) is 0 Å². The quantitative estimate of drug-likeness (QED) is 0.615. The molecule has 1 aromatic carbocycles. The predicted molar refractivity (Wildman–Crippen MR) is 72.9 cm³/mol. The molecule has 0 spiro atoms. The lowest BCUT2D eigenvalue weighted by Crippen LogP contribution is -2.42. The predicted octanol–water partition coefficient (Wildman–Crippen LogP) is 1.00. The van der Waals surface area contributed by atoms with Gasteiger partial charge in [-0.1, -0.05) is 37.3 Å². The van der Waals surface area contributed by atoms with Crippen LogP contribution < -0.4 is 0 Å². The van der Waals surface area contributed by atoms with Gasteiger partial charge in [0.1, 0.15) is 0 Å². The van der Waals surface area contributed by atoms with Gasteiger partial charge >= 0.3 is 17.9 Å². The Kier molecular flexibility index (Phi) is 7.70. The Bertz CT molecular complexity index is 465. The van der Waals surface area contributed by atoms with Crippen molar-refractivity contribution >= 4 is 17.9 Å². The first-order valence-electron chi connectivity index (χ1n) is 6.14. The molecule has 0 unspecified atom stereocenters. The molecule has 0 aliphatic heterocycles. The van der Waals surface area contributed by atoms with Crippen LogP contribution in [0.2, 0.25) is 0 Å². The number of carboxylic acids is 3. The van der Waals surface area contributed by atoms with E-state index in [1.165, 1.54) is 5.56 Å². The minimum Gasteiger partial charge on any atom is -0.481 e. The summed E-state index contributed by atoms with van der Waals surface area (Å²) in [5, 5.41) is 33.8. The van der Waals surface area contributed by atoms with Gasteiger partial charge in [-0.3, -0.25) is 9.59 Å². The van der Waals surface area contributed by atoms with Gasteiger partial charge in [0.2, 0.25) is 0 Å². The van der Waals surface area contributed by atoms with Crippen LogP contribution >= 0.6 is 0 Å². The molecule has 0 amide bonds. The summed E-state index contributed by atoms with van der Waals surface area (Å²) < 4.78 is 0. The molecule has 0 atom stereocenters. The van der Waals surface area contributed by atoms with Crippen LogP contribution in [-0.2, 0) is 20.8 Å². The van der Waals surface area contributed by atoms with Gasteiger partial charge < -0.3 is 20.4 Å². The average Bonchev–Trinajstić information content (AvgIpc) is 2.38. The molecule has 21 heavy (non-hydrogen) atoms. The maximum absolute atomic E-state index is 10.3. The highest BCUT2D eigenvalue weighted by Crippen LogP contribution is 2.15. The highest BCUT2D eigenvalue weighted by Gasteiger charge is 2.40. The molecule has 0 bridgehead atoms. The Hall–Kier alpha value is -2.41. The van der Waals surface area contributed by atoms with Crippen molar-refractivity contribution in [3.8, 4) is 0 Å². The first kappa shape index (κ1) is 18.6. The molecule has 116 valence electrons. The third kappa shape index (κ3) is 7.68. The van der Waals surface area contributed by atoms with Gasteiger partial charge in [-0.25, -0.2) is 4.79 Å². The number of hydrogen-bond acceptors (Lipinski definition) is 4. The van der Waals surface area contributed by atoms with Crippen molar-refractivity contribution in [2.45, 2.75) is 31.8 Å². The fraction of sp³-hybridized carbons (Fsp3) is 0.357. The van der Waals surface area contributed by atoms with Gasteiger partial charge in [0, 0.05) is 0 Å². The van der Waals surface area contributed by atoms with Crippen LogP contribution in [0.1, 0.15) is 25.3 Å². The first-order valence-corrected chi connectivity index (χ1v) is 6.14. The standard InChI is InChI=1S/C8H10.C6H8O7/c1-2-8-6-4-3-5-7-8;7-3(8)1-6(13,5(11)12)2-4(9)10/h3-7H,2H2,1H3;13H,1-2H2,(H,7,8)(H,9,10)(H,11,12). The number of aliphatic hydroxyl groups is 1. The molecule has 0 saturated carbocycles. The summed E-state index contributed by atoms with van der Waals surface area (Å²) in [7, 11) is 0. The Morgan fingerprint density at radius 2 is 1.38 bits per heavy atom. The largest absolute Gasteiger partial charge is 0.481 e. The fourth-order valence-electron chi connectivity index (χ4n) is 1.43. The summed E-state index contributed by atoms with van der Waals surface area (Å²) >= 11 is 0. The summed E-state index contributed by atoms with van der Waals surface area (Å²) in [4.78, 5) is 30.5. The van der Waals surface area contributed by atoms with Crippen molar-refractivity contribution in [2.75, 3.05) is 0 Å². The number of rotatable bonds is 6. The Labute approximate surface area is 121 Å². The Morgan fingerprint density at radius 3 is 1.62 bits per heavy atom. The lowest BCUT2D eigenvalue weighted by Gasteiger charge is -2.18. The maximum Gasteiger partial charge on any atom is 0.336 e. The topological polar surface area (TPSA) is 132 Å². The molecule has 0 fully saturated rings. The third-order valence-electron chi connectivity index (χ3n) is 2.54. The highest BCUT2D eigenvalue weighted by molar-refractivity contribution is 5.88. The molecule has 7 nitrogen and oxygen atoms in total. The SMILES string of the molecule is CCc1ccccc1.O=C(O)CC(O)(CC(=O)O)C(=O)O. The van der Waals surface area contributed by atoms with E-state index in [2.05, 4.69) is 31.2 Å². The molecule has 0 radical (unpaired) electrons. The molecular weight excluding hydrogens is 280 g/mol. The summed E-state index contributed by atoms with van der Waals surface area (Å²) in [6.07, 6.45) is -1.15. The van der Waals surface area contributed by atoms with E-state index in [1.54, 1.807) is 0 Å². The van der Waals surface area contributed by atoms with Crippen LogP contribution in [0.25, 0.3) is 0 Å². The smallest absolute Gasteiger partial charge is 0.336 e.